The molecule has 2 aliphatic carbocycles. The molecule has 0 spiro atoms. The summed E-state index contributed by atoms with van der Waals surface area (Å²) in [7, 11) is 0. The van der Waals surface area contributed by atoms with Crippen molar-refractivity contribution in [2.24, 2.45) is 5.41 Å². The van der Waals surface area contributed by atoms with E-state index in [-0.39, 0.29) is 18.4 Å². The van der Waals surface area contributed by atoms with Crippen LogP contribution in [-0.2, 0) is 9.59 Å². The van der Waals surface area contributed by atoms with E-state index in [2.05, 4.69) is 5.32 Å². The van der Waals surface area contributed by atoms with Gasteiger partial charge in [-0.1, -0.05) is 25.0 Å². The van der Waals surface area contributed by atoms with Gasteiger partial charge in [-0.05, 0) is 25.7 Å². The molecule has 4 nitrogen and oxygen atoms in total. The van der Waals surface area contributed by atoms with Gasteiger partial charge in [0.1, 0.15) is 0 Å². The van der Waals surface area contributed by atoms with Gasteiger partial charge < -0.3 is 10.4 Å². The molecule has 1 fully saturated rings. The summed E-state index contributed by atoms with van der Waals surface area (Å²) < 4.78 is 0. The van der Waals surface area contributed by atoms with Crippen LogP contribution < -0.4 is 5.32 Å². The number of carboxylic acid groups (broad SMARTS) is 1. The minimum Gasteiger partial charge on any atom is -0.481 e. The van der Waals surface area contributed by atoms with Crippen LogP contribution in [0, 0.1) is 5.41 Å². The van der Waals surface area contributed by atoms with Gasteiger partial charge in [0.2, 0.25) is 5.91 Å². The molecule has 0 aromatic heterocycles. The zero-order valence-corrected chi connectivity index (χ0v) is 9.95. The lowest BCUT2D eigenvalue weighted by Gasteiger charge is -2.24. The molecule has 0 heterocycles. The number of hydrogen-bond acceptors (Lipinski definition) is 2. The fourth-order valence-electron chi connectivity index (χ4n) is 2.84. The van der Waals surface area contributed by atoms with Crippen LogP contribution in [-0.4, -0.2) is 23.0 Å². The molecular weight excluding hydrogens is 218 g/mol. The minimum atomic E-state index is -0.810. The van der Waals surface area contributed by atoms with Crippen LogP contribution in [0.1, 0.15) is 44.9 Å². The summed E-state index contributed by atoms with van der Waals surface area (Å²) in [6.07, 6.45) is 9.09. The molecule has 0 saturated heterocycles. The van der Waals surface area contributed by atoms with Crippen molar-refractivity contribution in [1.82, 2.24) is 5.32 Å². The van der Waals surface area contributed by atoms with Gasteiger partial charge in [-0.25, -0.2) is 0 Å². The highest BCUT2D eigenvalue weighted by Crippen LogP contribution is 2.41. The first kappa shape index (κ1) is 12.1. The highest BCUT2D eigenvalue weighted by molar-refractivity contribution is 5.85. The number of carbonyl (C=O) groups excluding carboxylic acids is 1. The van der Waals surface area contributed by atoms with Gasteiger partial charge >= 0.3 is 5.97 Å². The molecular formula is C13H19NO3. The Labute approximate surface area is 101 Å². The predicted molar refractivity (Wildman–Crippen MR) is 63.5 cm³/mol. The summed E-state index contributed by atoms with van der Waals surface area (Å²) in [6.45, 7) is 0. The van der Waals surface area contributed by atoms with E-state index >= 15 is 0 Å². The van der Waals surface area contributed by atoms with E-state index in [0.29, 0.717) is 12.8 Å². The average molecular weight is 237 g/mol. The average Bonchev–Trinajstić information content (AvgIpc) is 2.89. The zero-order chi connectivity index (χ0) is 12.3. The maximum Gasteiger partial charge on any atom is 0.310 e. The summed E-state index contributed by atoms with van der Waals surface area (Å²) >= 11 is 0. The molecule has 2 N–H and O–H groups in total. The van der Waals surface area contributed by atoms with Crippen LogP contribution in [0.4, 0.5) is 0 Å². The molecule has 17 heavy (non-hydrogen) atoms. The Balaban J connectivity index is 1.89. The molecule has 0 aliphatic heterocycles. The van der Waals surface area contributed by atoms with Gasteiger partial charge in [-0.2, -0.15) is 0 Å². The first-order valence-corrected chi connectivity index (χ1v) is 6.30. The second-order valence-electron chi connectivity index (χ2n) is 5.18. The minimum absolute atomic E-state index is 0.108. The van der Waals surface area contributed by atoms with Crippen molar-refractivity contribution in [3.05, 3.63) is 12.2 Å². The van der Waals surface area contributed by atoms with E-state index in [9.17, 15) is 14.7 Å². The normalized spacial score (nSPS) is 22.8. The van der Waals surface area contributed by atoms with Crippen LogP contribution >= 0.6 is 0 Å². The number of rotatable bonds is 4. The van der Waals surface area contributed by atoms with Crippen molar-refractivity contribution in [3.8, 4) is 0 Å². The summed E-state index contributed by atoms with van der Waals surface area (Å²) in [5.74, 6) is -0.919. The van der Waals surface area contributed by atoms with Gasteiger partial charge in [0, 0.05) is 12.5 Å². The Morgan fingerprint density at radius 1 is 1.24 bits per heavy atom. The fourth-order valence-corrected chi connectivity index (χ4v) is 2.84. The molecule has 0 atom stereocenters. The van der Waals surface area contributed by atoms with Crippen LogP contribution in [0.2, 0.25) is 0 Å². The Morgan fingerprint density at radius 2 is 1.82 bits per heavy atom. The monoisotopic (exact) mass is 237 g/mol. The number of hydrogen-bond donors (Lipinski definition) is 2. The summed E-state index contributed by atoms with van der Waals surface area (Å²) in [5, 5.41) is 12.2. The zero-order valence-electron chi connectivity index (χ0n) is 9.95. The number of nitrogens with one attached hydrogen (secondary N) is 1. The van der Waals surface area contributed by atoms with Crippen molar-refractivity contribution in [2.45, 2.75) is 51.0 Å². The predicted octanol–water partition coefficient (Wildman–Crippen LogP) is 1.86. The standard InChI is InChI=1S/C13H19NO3/c15-11(14-10-5-1-2-6-10)9-13(12(16)17)7-3-4-8-13/h1-2,10H,3-9H2,(H,14,15)(H,16,17). The van der Waals surface area contributed by atoms with Crippen LogP contribution in [0.25, 0.3) is 0 Å². The number of aliphatic carboxylic acids is 1. The third kappa shape index (κ3) is 2.68. The lowest BCUT2D eigenvalue weighted by Crippen LogP contribution is -2.39. The van der Waals surface area contributed by atoms with Gasteiger partial charge in [-0.15, -0.1) is 0 Å². The Kier molecular flexibility index (Phi) is 3.50. The molecule has 0 aromatic carbocycles. The lowest BCUT2D eigenvalue weighted by molar-refractivity contribution is -0.151. The number of amides is 1. The van der Waals surface area contributed by atoms with Crippen molar-refractivity contribution < 1.29 is 14.7 Å². The molecule has 0 aromatic rings. The van der Waals surface area contributed by atoms with E-state index in [0.717, 1.165) is 25.7 Å². The van der Waals surface area contributed by atoms with Crippen molar-refractivity contribution in [3.63, 3.8) is 0 Å². The summed E-state index contributed by atoms with van der Waals surface area (Å²) in [5.41, 5.74) is -0.796. The Hall–Kier alpha value is -1.32. The largest absolute Gasteiger partial charge is 0.481 e. The maximum absolute atomic E-state index is 11.9. The first-order valence-electron chi connectivity index (χ1n) is 6.30. The molecule has 2 rings (SSSR count). The van der Waals surface area contributed by atoms with Crippen molar-refractivity contribution in [1.29, 1.82) is 0 Å². The summed E-state index contributed by atoms with van der Waals surface area (Å²) in [6, 6.07) is 0.176. The third-order valence-electron chi connectivity index (χ3n) is 3.89. The van der Waals surface area contributed by atoms with Crippen molar-refractivity contribution in [2.75, 3.05) is 0 Å². The molecule has 0 radical (unpaired) electrons. The molecule has 1 saturated carbocycles. The highest BCUT2D eigenvalue weighted by Gasteiger charge is 2.43. The highest BCUT2D eigenvalue weighted by atomic mass is 16.4. The second kappa shape index (κ2) is 4.90. The van der Waals surface area contributed by atoms with Gasteiger partial charge in [0.15, 0.2) is 0 Å². The molecule has 2 aliphatic rings. The molecule has 0 unspecified atom stereocenters. The van der Waals surface area contributed by atoms with Gasteiger partial charge in [0.25, 0.3) is 0 Å². The number of carboxylic acids is 1. The van der Waals surface area contributed by atoms with Crippen LogP contribution in [0.3, 0.4) is 0 Å². The number of carbonyl (C=O) groups is 2. The van der Waals surface area contributed by atoms with E-state index in [1.165, 1.54) is 0 Å². The molecule has 4 heteroatoms. The smallest absolute Gasteiger partial charge is 0.310 e. The van der Waals surface area contributed by atoms with Gasteiger partial charge in [-0.3, -0.25) is 9.59 Å². The third-order valence-corrected chi connectivity index (χ3v) is 3.89. The Morgan fingerprint density at radius 3 is 2.35 bits per heavy atom. The SMILES string of the molecule is O=C(CC1(C(=O)O)CCCC1)NC1CC=CC1. The maximum atomic E-state index is 11.9. The van der Waals surface area contributed by atoms with E-state index in [4.69, 9.17) is 0 Å². The fraction of sp³-hybridized carbons (Fsp3) is 0.692. The lowest BCUT2D eigenvalue weighted by atomic mass is 9.82. The topological polar surface area (TPSA) is 66.4 Å². The van der Waals surface area contributed by atoms with E-state index in [1.54, 1.807) is 0 Å². The van der Waals surface area contributed by atoms with Crippen molar-refractivity contribution >= 4 is 11.9 Å². The first-order chi connectivity index (χ1) is 8.12. The molecule has 0 bridgehead atoms. The van der Waals surface area contributed by atoms with Gasteiger partial charge in [0.05, 0.1) is 5.41 Å². The van der Waals surface area contributed by atoms with E-state index in [1.807, 2.05) is 12.2 Å². The second-order valence-corrected chi connectivity index (χ2v) is 5.18. The molecule has 1 amide bonds. The summed E-state index contributed by atoms with van der Waals surface area (Å²) in [4.78, 5) is 23.2. The molecule has 94 valence electrons. The van der Waals surface area contributed by atoms with E-state index < -0.39 is 11.4 Å². The van der Waals surface area contributed by atoms with Crippen LogP contribution in [0.15, 0.2) is 12.2 Å². The quantitative estimate of drug-likeness (QED) is 0.733. The Bertz CT molecular complexity index is 335. The van der Waals surface area contributed by atoms with Crippen LogP contribution in [0.5, 0.6) is 0 Å².